The molecule has 33 heavy (non-hydrogen) atoms. The number of aryl methyl sites for hydroxylation is 2. The van der Waals surface area contributed by atoms with Crippen molar-refractivity contribution in [3.63, 3.8) is 0 Å². The van der Waals surface area contributed by atoms with Crippen LogP contribution in [0.3, 0.4) is 0 Å². The summed E-state index contributed by atoms with van der Waals surface area (Å²) in [6.07, 6.45) is 0.733. The summed E-state index contributed by atoms with van der Waals surface area (Å²) < 4.78 is 5.61. The molecule has 4 rings (SSSR count). The minimum absolute atomic E-state index is 0.145. The number of benzene rings is 3. The number of rotatable bonds is 8. The highest BCUT2D eigenvalue weighted by Gasteiger charge is 2.44. The third kappa shape index (κ3) is 4.53. The third-order valence-corrected chi connectivity index (χ3v) is 5.88. The van der Waals surface area contributed by atoms with Crippen LogP contribution < -0.4 is 9.64 Å². The van der Waals surface area contributed by atoms with Crippen LogP contribution in [0.15, 0.2) is 90.2 Å². The van der Waals surface area contributed by atoms with E-state index < -0.39 is 17.7 Å². The standard InChI is InChI=1S/C28H27NO4/c1-3-33-22-14-9-13-21(18-22)29-26(23-15-8-7-10-19(23)2)25(27(31)28(29)32)24(30)17-16-20-11-5-4-6-12-20/h4-15,18,26,31H,3,16-17H2,1-2H3. The maximum absolute atomic E-state index is 13.4. The molecule has 1 amide bonds. The zero-order valence-corrected chi connectivity index (χ0v) is 18.8. The van der Waals surface area contributed by atoms with Gasteiger partial charge in [0, 0.05) is 18.2 Å². The molecule has 0 saturated carbocycles. The summed E-state index contributed by atoms with van der Waals surface area (Å²) in [6.45, 7) is 4.32. The summed E-state index contributed by atoms with van der Waals surface area (Å²) in [4.78, 5) is 28.2. The highest BCUT2D eigenvalue weighted by molar-refractivity contribution is 6.16. The van der Waals surface area contributed by atoms with Crippen LogP contribution in [-0.4, -0.2) is 23.4 Å². The number of hydrogen-bond acceptors (Lipinski definition) is 4. The Hall–Kier alpha value is -3.86. The molecule has 1 atom stereocenters. The van der Waals surface area contributed by atoms with Crippen LogP contribution in [0, 0.1) is 6.92 Å². The van der Waals surface area contributed by atoms with Gasteiger partial charge in [-0.3, -0.25) is 14.5 Å². The van der Waals surface area contributed by atoms with Crippen LogP contribution >= 0.6 is 0 Å². The van der Waals surface area contributed by atoms with Gasteiger partial charge < -0.3 is 9.84 Å². The van der Waals surface area contributed by atoms with Crippen LogP contribution in [0.5, 0.6) is 5.75 Å². The van der Waals surface area contributed by atoms with Gasteiger partial charge in [-0.2, -0.15) is 0 Å². The van der Waals surface area contributed by atoms with E-state index in [0.29, 0.717) is 24.5 Å². The minimum atomic E-state index is -0.709. The van der Waals surface area contributed by atoms with Gasteiger partial charge in [0.1, 0.15) is 5.75 Å². The number of amides is 1. The molecule has 0 spiro atoms. The van der Waals surface area contributed by atoms with E-state index in [4.69, 9.17) is 4.74 Å². The molecule has 0 aromatic heterocycles. The summed E-state index contributed by atoms with van der Waals surface area (Å²) in [6, 6.07) is 23.8. The Kier molecular flexibility index (Phi) is 6.59. The second-order valence-electron chi connectivity index (χ2n) is 8.04. The molecule has 1 N–H and O–H groups in total. The molecule has 0 fully saturated rings. The Morgan fingerprint density at radius 1 is 1.00 bits per heavy atom. The molecular formula is C28H27NO4. The molecular weight excluding hydrogens is 414 g/mol. The predicted octanol–water partition coefficient (Wildman–Crippen LogP) is 5.50. The smallest absolute Gasteiger partial charge is 0.294 e. The lowest BCUT2D eigenvalue weighted by Gasteiger charge is -2.28. The fraction of sp³-hybridized carbons (Fsp3) is 0.214. The van der Waals surface area contributed by atoms with E-state index in [1.165, 1.54) is 4.90 Å². The molecule has 5 heteroatoms. The second kappa shape index (κ2) is 9.74. The second-order valence-corrected chi connectivity index (χ2v) is 8.04. The Morgan fingerprint density at radius 3 is 2.45 bits per heavy atom. The van der Waals surface area contributed by atoms with Gasteiger partial charge in [-0.05, 0) is 49.1 Å². The van der Waals surface area contributed by atoms with Gasteiger partial charge in [0.25, 0.3) is 5.91 Å². The van der Waals surface area contributed by atoms with Crippen molar-refractivity contribution in [1.82, 2.24) is 0 Å². The van der Waals surface area contributed by atoms with Gasteiger partial charge in [-0.1, -0.05) is 60.7 Å². The van der Waals surface area contributed by atoms with Crippen LogP contribution in [0.25, 0.3) is 0 Å². The lowest BCUT2D eigenvalue weighted by atomic mass is 9.90. The molecule has 3 aromatic carbocycles. The van der Waals surface area contributed by atoms with Crippen molar-refractivity contribution in [2.45, 2.75) is 32.7 Å². The van der Waals surface area contributed by atoms with Crippen LogP contribution in [0.1, 0.15) is 36.1 Å². The van der Waals surface area contributed by atoms with E-state index in [1.54, 1.807) is 18.2 Å². The monoisotopic (exact) mass is 441 g/mol. The number of carbonyl (C=O) groups excluding carboxylic acids is 2. The molecule has 3 aromatic rings. The van der Waals surface area contributed by atoms with Crippen LogP contribution in [-0.2, 0) is 16.0 Å². The molecule has 1 heterocycles. The molecule has 1 aliphatic rings. The summed E-state index contributed by atoms with van der Waals surface area (Å²) >= 11 is 0. The number of ketones is 1. The number of aliphatic hydroxyl groups excluding tert-OH is 1. The molecule has 1 aliphatic heterocycles. The molecule has 0 bridgehead atoms. The average Bonchev–Trinajstić information content (AvgIpc) is 3.09. The van der Waals surface area contributed by atoms with Crippen molar-refractivity contribution in [3.8, 4) is 5.75 Å². The predicted molar refractivity (Wildman–Crippen MR) is 128 cm³/mol. The maximum Gasteiger partial charge on any atom is 0.294 e. The summed E-state index contributed by atoms with van der Waals surface area (Å²) in [5.41, 5.74) is 3.48. The van der Waals surface area contributed by atoms with Gasteiger partial charge in [0.05, 0.1) is 18.2 Å². The van der Waals surface area contributed by atoms with Crippen LogP contribution in [0.2, 0.25) is 0 Å². The van der Waals surface area contributed by atoms with E-state index in [2.05, 4.69) is 0 Å². The lowest BCUT2D eigenvalue weighted by molar-refractivity contribution is -0.118. The number of anilines is 1. The molecule has 168 valence electrons. The summed E-state index contributed by atoms with van der Waals surface area (Å²) in [5, 5.41) is 10.9. The molecule has 0 saturated heterocycles. The third-order valence-electron chi connectivity index (χ3n) is 5.88. The molecule has 5 nitrogen and oxygen atoms in total. The van der Waals surface area contributed by atoms with Crippen molar-refractivity contribution in [3.05, 3.63) is 107 Å². The van der Waals surface area contributed by atoms with E-state index >= 15 is 0 Å². The summed E-state index contributed by atoms with van der Waals surface area (Å²) in [5.74, 6) is -0.681. The fourth-order valence-electron chi connectivity index (χ4n) is 4.27. The minimum Gasteiger partial charge on any atom is -0.503 e. The molecule has 0 aliphatic carbocycles. The maximum atomic E-state index is 13.4. The number of aliphatic hydroxyl groups is 1. The zero-order valence-electron chi connectivity index (χ0n) is 18.8. The normalized spacial score (nSPS) is 15.8. The van der Waals surface area contributed by atoms with Crippen molar-refractivity contribution in [2.24, 2.45) is 0 Å². The van der Waals surface area contributed by atoms with Gasteiger partial charge in [0.15, 0.2) is 11.5 Å². The summed E-state index contributed by atoms with van der Waals surface area (Å²) in [7, 11) is 0. The van der Waals surface area contributed by atoms with Gasteiger partial charge in [0.2, 0.25) is 0 Å². The fourth-order valence-corrected chi connectivity index (χ4v) is 4.27. The van der Waals surface area contributed by atoms with E-state index in [1.807, 2.05) is 74.5 Å². The quantitative estimate of drug-likeness (QED) is 0.502. The number of Topliss-reactive ketones (excluding diaryl/α,β-unsaturated/α-hetero) is 1. The Balaban J connectivity index is 1.74. The first-order valence-electron chi connectivity index (χ1n) is 11.1. The molecule has 1 unspecified atom stereocenters. The van der Waals surface area contributed by atoms with E-state index in [-0.39, 0.29) is 17.8 Å². The lowest BCUT2D eigenvalue weighted by Crippen LogP contribution is -2.31. The van der Waals surface area contributed by atoms with Crippen LogP contribution in [0.4, 0.5) is 5.69 Å². The zero-order chi connectivity index (χ0) is 23.4. The number of ether oxygens (including phenoxy) is 1. The highest BCUT2D eigenvalue weighted by atomic mass is 16.5. The van der Waals surface area contributed by atoms with E-state index in [0.717, 1.165) is 16.7 Å². The van der Waals surface area contributed by atoms with E-state index in [9.17, 15) is 14.7 Å². The number of nitrogens with zero attached hydrogens (tertiary/aromatic N) is 1. The van der Waals surface area contributed by atoms with Crippen molar-refractivity contribution in [1.29, 1.82) is 0 Å². The number of hydrogen-bond donors (Lipinski definition) is 1. The Labute approximate surface area is 193 Å². The first-order chi connectivity index (χ1) is 16.0. The van der Waals surface area contributed by atoms with Crippen molar-refractivity contribution in [2.75, 3.05) is 11.5 Å². The van der Waals surface area contributed by atoms with Gasteiger partial charge in [-0.25, -0.2) is 0 Å². The largest absolute Gasteiger partial charge is 0.503 e. The first kappa shape index (κ1) is 22.3. The van der Waals surface area contributed by atoms with Crippen molar-refractivity contribution >= 4 is 17.4 Å². The number of carbonyl (C=O) groups is 2. The molecule has 0 radical (unpaired) electrons. The SMILES string of the molecule is CCOc1cccc(N2C(=O)C(O)=C(C(=O)CCc3ccccc3)C2c2ccccc2C)c1. The first-order valence-corrected chi connectivity index (χ1v) is 11.1. The van der Waals surface area contributed by atoms with Gasteiger partial charge >= 0.3 is 0 Å². The average molecular weight is 442 g/mol. The topological polar surface area (TPSA) is 66.8 Å². The highest BCUT2D eigenvalue weighted by Crippen LogP contribution is 2.43. The van der Waals surface area contributed by atoms with Crippen molar-refractivity contribution < 1.29 is 19.4 Å². The Bertz CT molecular complexity index is 1200. The van der Waals surface area contributed by atoms with Gasteiger partial charge in [-0.15, -0.1) is 0 Å². The Morgan fingerprint density at radius 2 is 1.73 bits per heavy atom.